The van der Waals surface area contributed by atoms with Crippen LogP contribution in [0, 0.1) is 0 Å². The number of nitrogens with one attached hydrogen (secondary N) is 2. The number of hydrogen-bond donors (Lipinski definition) is 2. The van der Waals surface area contributed by atoms with Gasteiger partial charge in [-0.3, -0.25) is 9.79 Å². The summed E-state index contributed by atoms with van der Waals surface area (Å²) in [6.07, 6.45) is 3.48. The third kappa shape index (κ3) is 6.04. The molecule has 1 fully saturated rings. The minimum Gasteiger partial charge on any atom is -0.493 e. The van der Waals surface area contributed by atoms with Gasteiger partial charge in [0, 0.05) is 43.9 Å². The molecule has 1 heterocycles. The number of aliphatic imine (C=N–C) groups is 1. The summed E-state index contributed by atoms with van der Waals surface area (Å²) in [6.45, 7) is 9.01. The van der Waals surface area contributed by atoms with Gasteiger partial charge in [0.05, 0.1) is 13.7 Å². The number of ether oxygens (including phenoxy) is 2. The number of amides is 1. The molecule has 7 nitrogen and oxygen atoms in total. The fourth-order valence-corrected chi connectivity index (χ4v) is 3.42. The summed E-state index contributed by atoms with van der Waals surface area (Å²) in [5.74, 6) is 2.40. The lowest BCUT2D eigenvalue weighted by Gasteiger charge is -2.26. The SMILES string of the molecule is CCNC(=NCCC(CC)N1CCCC1=O)Nc1ccc(OCC)c(OC)c1. The summed E-state index contributed by atoms with van der Waals surface area (Å²) >= 11 is 0. The Morgan fingerprint density at radius 1 is 1.29 bits per heavy atom. The van der Waals surface area contributed by atoms with Crippen LogP contribution in [0.5, 0.6) is 11.5 Å². The predicted octanol–water partition coefficient (Wildman–Crippen LogP) is 3.26. The second-order valence-corrected chi connectivity index (χ2v) is 6.73. The molecule has 1 saturated heterocycles. The molecule has 0 aliphatic carbocycles. The van der Waals surface area contributed by atoms with Gasteiger partial charge in [0.1, 0.15) is 0 Å². The molecule has 28 heavy (non-hydrogen) atoms. The Balaban J connectivity index is 2.00. The molecule has 1 atom stereocenters. The average molecular weight is 391 g/mol. The number of carbonyl (C=O) groups is 1. The number of guanidine groups is 1. The van der Waals surface area contributed by atoms with Crippen LogP contribution in [0.2, 0.25) is 0 Å². The third-order valence-corrected chi connectivity index (χ3v) is 4.82. The van der Waals surface area contributed by atoms with Gasteiger partial charge in [-0.1, -0.05) is 6.92 Å². The van der Waals surface area contributed by atoms with E-state index in [-0.39, 0.29) is 11.9 Å². The van der Waals surface area contributed by atoms with Gasteiger partial charge in [0.2, 0.25) is 5.91 Å². The van der Waals surface area contributed by atoms with E-state index in [1.165, 1.54) is 0 Å². The van der Waals surface area contributed by atoms with Crippen molar-refractivity contribution in [1.82, 2.24) is 10.2 Å². The molecule has 1 amide bonds. The van der Waals surface area contributed by atoms with Gasteiger partial charge >= 0.3 is 0 Å². The lowest BCUT2D eigenvalue weighted by atomic mass is 10.1. The van der Waals surface area contributed by atoms with Crippen molar-refractivity contribution in [3.8, 4) is 11.5 Å². The fraction of sp³-hybridized carbons (Fsp3) is 0.619. The molecular weight excluding hydrogens is 356 g/mol. The topological polar surface area (TPSA) is 75.2 Å². The van der Waals surface area contributed by atoms with Crippen molar-refractivity contribution in [3.05, 3.63) is 18.2 Å². The van der Waals surface area contributed by atoms with E-state index in [1.54, 1.807) is 7.11 Å². The van der Waals surface area contributed by atoms with E-state index in [1.807, 2.05) is 36.9 Å². The number of carbonyl (C=O) groups excluding carboxylic acids is 1. The summed E-state index contributed by atoms with van der Waals surface area (Å²) in [7, 11) is 1.63. The molecule has 2 N–H and O–H groups in total. The minimum absolute atomic E-state index is 0.271. The highest BCUT2D eigenvalue weighted by molar-refractivity contribution is 5.93. The first-order chi connectivity index (χ1) is 13.6. The summed E-state index contributed by atoms with van der Waals surface area (Å²) < 4.78 is 11.0. The van der Waals surface area contributed by atoms with Gasteiger partial charge in [0.25, 0.3) is 0 Å². The van der Waals surface area contributed by atoms with Crippen molar-refractivity contribution < 1.29 is 14.3 Å². The van der Waals surface area contributed by atoms with Crippen molar-refractivity contribution in [1.29, 1.82) is 0 Å². The number of rotatable bonds is 10. The summed E-state index contributed by atoms with van der Waals surface area (Å²) in [6, 6.07) is 6.00. The van der Waals surface area contributed by atoms with Gasteiger partial charge in [-0.05, 0) is 45.2 Å². The van der Waals surface area contributed by atoms with Crippen molar-refractivity contribution in [2.45, 2.75) is 52.5 Å². The molecule has 1 aliphatic rings. The molecule has 156 valence electrons. The molecule has 1 unspecified atom stereocenters. The summed E-state index contributed by atoms with van der Waals surface area (Å²) in [5.41, 5.74) is 0.877. The zero-order valence-corrected chi connectivity index (χ0v) is 17.6. The molecule has 1 aromatic carbocycles. The van der Waals surface area contributed by atoms with Crippen LogP contribution in [0.25, 0.3) is 0 Å². The van der Waals surface area contributed by atoms with E-state index in [2.05, 4.69) is 17.6 Å². The highest BCUT2D eigenvalue weighted by atomic mass is 16.5. The van der Waals surface area contributed by atoms with Gasteiger partial charge in [-0.25, -0.2) is 0 Å². The first-order valence-corrected chi connectivity index (χ1v) is 10.3. The monoisotopic (exact) mass is 390 g/mol. The normalized spacial score (nSPS) is 15.5. The zero-order valence-electron chi connectivity index (χ0n) is 17.6. The molecule has 0 saturated carbocycles. The Hall–Kier alpha value is -2.44. The largest absolute Gasteiger partial charge is 0.493 e. The number of likely N-dealkylation sites (tertiary alicyclic amines) is 1. The Labute approximate surface area is 168 Å². The van der Waals surface area contributed by atoms with Crippen LogP contribution < -0.4 is 20.1 Å². The van der Waals surface area contributed by atoms with Crippen molar-refractivity contribution >= 4 is 17.6 Å². The van der Waals surface area contributed by atoms with Crippen LogP contribution in [0.3, 0.4) is 0 Å². The third-order valence-electron chi connectivity index (χ3n) is 4.82. The van der Waals surface area contributed by atoms with Crippen molar-refractivity contribution in [2.24, 2.45) is 4.99 Å². The van der Waals surface area contributed by atoms with E-state index in [0.717, 1.165) is 49.7 Å². The van der Waals surface area contributed by atoms with E-state index >= 15 is 0 Å². The van der Waals surface area contributed by atoms with Gasteiger partial charge < -0.3 is 25.0 Å². The molecule has 1 aromatic rings. The van der Waals surface area contributed by atoms with Crippen molar-refractivity contribution in [3.63, 3.8) is 0 Å². The molecule has 0 aromatic heterocycles. The van der Waals surface area contributed by atoms with E-state index in [0.29, 0.717) is 25.3 Å². The van der Waals surface area contributed by atoms with Crippen LogP contribution in [0.4, 0.5) is 5.69 Å². The molecule has 7 heteroatoms. The number of methoxy groups -OCH3 is 1. The van der Waals surface area contributed by atoms with Crippen LogP contribution in [-0.2, 0) is 4.79 Å². The number of anilines is 1. The first-order valence-electron chi connectivity index (χ1n) is 10.3. The summed E-state index contributed by atoms with van der Waals surface area (Å²) in [4.78, 5) is 18.7. The molecular formula is C21H34N4O3. The molecule has 0 radical (unpaired) electrons. The number of hydrogen-bond acceptors (Lipinski definition) is 4. The van der Waals surface area contributed by atoms with Gasteiger partial charge in [-0.2, -0.15) is 0 Å². The van der Waals surface area contributed by atoms with Crippen LogP contribution in [0.15, 0.2) is 23.2 Å². The average Bonchev–Trinajstić information content (AvgIpc) is 3.12. The van der Waals surface area contributed by atoms with E-state index in [4.69, 9.17) is 14.5 Å². The molecule has 0 spiro atoms. The maximum atomic E-state index is 12.0. The molecule has 0 bridgehead atoms. The predicted molar refractivity (Wildman–Crippen MR) is 113 cm³/mol. The molecule has 1 aliphatic heterocycles. The number of benzene rings is 1. The lowest BCUT2D eigenvalue weighted by Crippen LogP contribution is -2.36. The Kier molecular flexibility index (Phi) is 8.91. The van der Waals surface area contributed by atoms with Gasteiger partial charge in [-0.15, -0.1) is 0 Å². The van der Waals surface area contributed by atoms with Crippen LogP contribution >= 0.6 is 0 Å². The zero-order chi connectivity index (χ0) is 20.4. The second kappa shape index (κ2) is 11.4. The standard InChI is InChI=1S/C21H34N4O3/c1-5-17(25-14-8-9-20(25)26)12-13-23-21(22-6-2)24-16-10-11-18(28-7-3)19(15-16)27-4/h10-11,15,17H,5-9,12-14H2,1-4H3,(H2,22,23,24). The van der Waals surface area contributed by atoms with E-state index < -0.39 is 0 Å². The quantitative estimate of drug-likeness (QED) is 0.474. The second-order valence-electron chi connectivity index (χ2n) is 6.73. The van der Waals surface area contributed by atoms with Crippen LogP contribution in [-0.4, -0.2) is 56.2 Å². The van der Waals surface area contributed by atoms with E-state index in [9.17, 15) is 4.79 Å². The fourth-order valence-electron chi connectivity index (χ4n) is 3.42. The van der Waals surface area contributed by atoms with Crippen LogP contribution in [0.1, 0.15) is 46.5 Å². The Bertz CT molecular complexity index is 663. The maximum Gasteiger partial charge on any atom is 0.222 e. The van der Waals surface area contributed by atoms with Crippen molar-refractivity contribution in [2.75, 3.05) is 38.7 Å². The van der Waals surface area contributed by atoms with Gasteiger partial charge in [0.15, 0.2) is 17.5 Å². The highest BCUT2D eigenvalue weighted by Crippen LogP contribution is 2.30. The first kappa shape index (κ1) is 21.9. The summed E-state index contributed by atoms with van der Waals surface area (Å²) in [5, 5.41) is 6.58. The molecule has 2 rings (SSSR count). The Morgan fingerprint density at radius 3 is 2.71 bits per heavy atom. The smallest absolute Gasteiger partial charge is 0.222 e. The number of nitrogens with zero attached hydrogens (tertiary/aromatic N) is 2. The minimum atomic E-state index is 0.271. The lowest BCUT2D eigenvalue weighted by molar-refractivity contribution is -0.129. The highest BCUT2D eigenvalue weighted by Gasteiger charge is 2.26. The maximum absolute atomic E-state index is 12.0. The Morgan fingerprint density at radius 2 is 2.11 bits per heavy atom.